The molecule has 2 nitrogen and oxygen atoms in total. The van der Waals surface area contributed by atoms with Crippen molar-refractivity contribution in [1.82, 2.24) is 0 Å². The van der Waals surface area contributed by atoms with Gasteiger partial charge in [0.1, 0.15) is 11.9 Å². The molecule has 0 aliphatic heterocycles. The van der Waals surface area contributed by atoms with Crippen LogP contribution in [0.4, 0.5) is 4.39 Å². The molecule has 0 aliphatic rings. The smallest absolute Gasteiger partial charge is 0.140 e. The summed E-state index contributed by atoms with van der Waals surface area (Å²) in [4.78, 5) is 0. The minimum absolute atomic E-state index is 0.0243. The third-order valence-corrected chi connectivity index (χ3v) is 1.93. The topological polar surface area (TPSA) is 44.0 Å². The van der Waals surface area contributed by atoms with Gasteiger partial charge < -0.3 is 5.11 Å². The standard InChI is InChI=1S/C9H7ClFNO/c10-4-9(13)6-1-2-8(11)7(3-6)5-12/h1-3,9,13H,4H2. The SMILES string of the molecule is N#Cc1cc(C(O)CCl)ccc1F. The molecule has 1 N–H and O–H groups in total. The molecule has 1 rings (SSSR count). The van der Waals surface area contributed by atoms with Gasteiger partial charge in [0.2, 0.25) is 0 Å². The Morgan fingerprint density at radius 2 is 2.31 bits per heavy atom. The molecule has 0 aliphatic carbocycles. The van der Waals surface area contributed by atoms with Gasteiger partial charge in [-0.15, -0.1) is 11.6 Å². The highest BCUT2D eigenvalue weighted by atomic mass is 35.5. The molecule has 0 heterocycles. The molecule has 13 heavy (non-hydrogen) atoms. The molecule has 0 fully saturated rings. The van der Waals surface area contributed by atoms with Gasteiger partial charge in [-0.1, -0.05) is 6.07 Å². The van der Waals surface area contributed by atoms with E-state index in [1.165, 1.54) is 12.1 Å². The zero-order valence-electron chi connectivity index (χ0n) is 6.67. The van der Waals surface area contributed by atoms with Crippen LogP contribution in [0.15, 0.2) is 18.2 Å². The molecule has 1 aromatic rings. The summed E-state index contributed by atoms with van der Waals surface area (Å²) >= 11 is 5.40. The van der Waals surface area contributed by atoms with E-state index in [4.69, 9.17) is 16.9 Å². The molecule has 1 aromatic carbocycles. The maximum atomic E-state index is 12.8. The molecule has 0 aromatic heterocycles. The van der Waals surface area contributed by atoms with Gasteiger partial charge in [-0.2, -0.15) is 5.26 Å². The van der Waals surface area contributed by atoms with Gasteiger partial charge in [0, 0.05) is 0 Å². The molecular weight excluding hydrogens is 193 g/mol. The number of hydrogen-bond donors (Lipinski definition) is 1. The largest absolute Gasteiger partial charge is 0.387 e. The van der Waals surface area contributed by atoms with Crippen molar-refractivity contribution >= 4 is 11.6 Å². The number of nitrogens with zero attached hydrogens (tertiary/aromatic N) is 1. The van der Waals surface area contributed by atoms with E-state index in [0.29, 0.717) is 5.56 Å². The zero-order valence-corrected chi connectivity index (χ0v) is 7.42. The number of halogens is 2. The first-order valence-electron chi connectivity index (χ1n) is 3.62. The molecule has 0 bridgehead atoms. The fraction of sp³-hybridized carbons (Fsp3) is 0.222. The van der Waals surface area contributed by atoms with Crippen molar-refractivity contribution in [1.29, 1.82) is 5.26 Å². The van der Waals surface area contributed by atoms with Crippen molar-refractivity contribution < 1.29 is 9.50 Å². The van der Waals surface area contributed by atoms with E-state index in [-0.39, 0.29) is 11.4 Å². The average Bonchev–Trinajstić information content (AvgIpc) is 2.17. The van der Waals surface area contributed by atoms with Crippen LogP contribution in [0.1, 0.15) is 17.2 Å². The lowest BCUT2D eigenvalue weighted by atomic mass is 10.1. The zero-order chi connectivity index (χ0) is 9.84. The van der Waals surface area contributed by atoms with Crippen LogP contribution >= 0.6 is 11.6 Å². The fourth-order valence-corrected chi connectivity index (χ4v) is 1.10. The second-order valence-corrected chi connectivity index (χ2v) is 2.83. The molecule has 4 heteroatoms. The number of hydrogen-bond acceptors (Lipinski definition) is 2. The van der Waals surface area contributed by atoms with Crippen LogP contribution in [0.2, 0.25) is 0 Å². The van der Waals surface area contributed by atoms with E-state index < -0.39 is 11.9 Å². The summed E-state index contributed by atoms with van der Waals surface area (Å²) in [5, 5.41) is 17.8. The highest BCUT2D eigenvalue weighted by molar-refractivity contribution is 6.18. The van der Waals surface area contributed by atoms with Crippen LogP contribution in [-0.2, 0) is 0 Å². The Morgan fingerprint density at radius 1 is 1.62 bits per heavy atom. The van der Waals surface area contributed by atoms with Gasteiger partial charge in [0.25, 0.3) is 0 Å². The Labute approximate surface area is 80.2 Å². The van der Waals surface area contributed by atoms with E-state index in [9.17, 15) is 9.50 Å². The number of benzene rings is 1. The number of aliphatic hydroxyl groups is 1. The van der Waals surface area contributed by atoms with Gasteiger partial charge in [-0.25, -0.2) is 4.39 Å². The van der Waals surface area contributed by atoms with Crippen LogP contribution in [-0.4, -0.2) is 11.0 Å². The lowest BCUT2D eigenvalue weighted by Crippen LogP contribution is -1.99. The van der Waals surface area contributed by atoms with Gasteiger partial charge in [0.05, 0.1) is 17.5 Å². The Kier molecular flexibility index (Phi) is 3.24. The van der Waals surface area contributed by atoms with Crippen molar-refractivity contribution in [2.24, 2.45) is 0 Å². The summed E-state index contributed by atoms with van der Waals surface area (Å²) in [6.45, 7) is 0. The minimum atomic E-state index is -0.852. The van der Waals surface area contributed by atoms with E-state index >= 15 is 0 Å². The number of rotatable bonds is 2. The molecular formula is C9H7ClFNO. The monoisotopic (exact) mass is 199 g/mol. The average molecular weight is 200 g/mol. The lowest BCUT2D eigenvalue weighted by molar-refractivity contribution is 0.202. The molecule has 0 radical (unpaired) electrons. The quantitative estimate of drug-likeness (QED) is 0.741. The van der Waals surface area contributed by atoms with Crippen molar-refractivity contribution in [3.8, 4) is 6.07 Å². The Morgan fingerprint density at radius 3 is 2.85 bits per heavy atom. The van der Waals surface area contributed by atoms with E-state index in [1.807, 2.05) is 0 Å². The second kappa shape index (κ2) is 4.22. The van der Waals surface area contributed by atoms with Gasteiger partial charge in [-0.3, -0.25) is 0 Å². The van der Waals surface area contributed by atoms with Crippen LogP contribution < -0.4 is 0 Å². The molecule has 0 amide bonds. The maximum absolute atomic E-state index is 12.8. The number of alkyl halides is 1. The summed E-state index contributed by atoms with van der Waals surface area (Å²) in [6, 6.07) is 5.53. The maximum Gasteiger partial charge on any atom is 0.140 e. The van der Waals surface area contributed by atoms with E-state index in [2.05, 4.69) is 0 Å². The Bertz CT molecular complexity index is 348. The summed E-state index contributed by atoms with van der Waals surface area (Å²) in [5.74, 6) is -0.565. The predicted octanol–water partition coefficient (Wildman–Crippen LogP) is 1.97. The van der Waals surface area contributed by atoms with Crippen LogP contribution in [0, 0.1) is 17.1 Å². The second-order valence-electron chi connectivity index (χ2n) is 2.52. The molecule has 0 saturated heterocycles. The van der Waals surface area contributed by atoms with E-state index in [0.717, 1.165) is 6.07 Å². The third-order valence-electron chi connectivity index (χ3n) is 1.64. The molecule has 68 valence electrons. The molecule has 0 spiro atoms. The highest BCUT2D eigenvalue weighted by Crippen LogP contribution is 2.17. The summed E-state index contributed by atoms with van der Waals surface area (Å²) in [5.41, 5.74) is 0.370. The first-order valence-corrected chi connectivity index (χ1v) is 4.16. The van der Waals surface area contributed by atoms with Gasteiger partial charge in [-0.05, 0) is 17.7 Å². The van der Waals surface area contributed by atoms with Gasteiger partial charge >= 0.3 is 0 Å². The normalized spacial score (nSPS) is 12.2. The summed E-state index contributed by atoms with van der Waals surface area (Å²) in [6.07, 6.45) is -0.852. The molecule has 1 atom stereocenters. The minimum Gasteiger partial charge on any atom is -0.387 e. The Hall–Kier alpha value is -1.11. The predicted molar refractivity (Wildman–Crippen MR) is 46.8 cm³/mol. The fourth-order valence-electron chi connectivity index (χ4n) is 0.925. The van der Waals surface area contributed by atoms with Crippen molar-refractivity contribution in [3.05, 3.63) is 35.1 Å². The van der Waals surface area contributed by atoms with Crippen LogP contribution in [0.3, 0.4) is 0 Å². The van der Waals surface area contributed by atoms with Gasteiger partial charge in [0.15, 0.2) is 0 Å². The summed E-state index contributed by atoms with van der Waals surface area (Å²) in [7, 11) is 0. The first kappa shape index (κ1) is 9.97. The third kappa shape index (κ3) is 2.18. The Balaban J connectivity index is 3.08. The number of nitriles is 1. The first-order chi connectivity index (χ1) is 6.19. The molecule has 1 unspecified atom stereocenters. The van der Waals surface area contributed by atoms with Crippen molar-refractivity contribution in [3.63, 3.8) is 0 Å². The van der Waals surface area contributed by atoms with Crippen LogP contribution in [0.25, 0.3) is 0 Å². The lowest BCUT2D eigenvalue weighted by Gasteiger charge is -2.06. The van der Waals surface area contributed by atoms with Crippen LogP contribution in [0.5, 0.6) is 0 Å². The summed E-state index contributed by atoms with van der Waals surface area (Å²) < 4.78 is 12.8. The molecule has 0 saturated carbocycles. The van der Waals surface area contributed by atoms with E-state index in [1.54, 1.807) is 6.07 Å². The van der Waals surface area contributed by atoms with Crippen molar-refractivity contribution in [2.75, 3.05) is 5.88 Å². The van der Waals surface area contributed by atoms with Crippen molar-refractivity contribution in [2.45, 2.75) is 6.10 Å². The number of aliphatic hydroxyl groups excluding tert-OH is 1. The highest BCUT2D eigenvalue weighted by Gasteiger charge is 2.08.